The number of unbranched alkanes of at least 4 members (excludes halogenated alkanes) is 1. The quantitative estimate of drug-likeness (QED) is 0.491. The number of para-hydroxylation sites is 1. The fourth-order valence-electron chi connectivity index (χ4n) is 2.24. The lowest BCUT2D eigenvalue weighted by atomic mass is 10.2. The van der Waals surface area contributed by atoms with Crippen molar-refractivity contribution < 1.29 is 14.3 Å². The van der Waals surface area contributed by atoms with Gasteiger partial charge in [-0.15, -0.1) is 0 Å². The Balaban J connectivity index is 1.40. The number of ether oxygens (including phenoxy) is 2. The zero-order chi connectivity index (χ0) is 16.6. The fraction of sp³-hybridized carbons (Fsp3) is 0.211. The molecule has 0 aliphatic rings. The Morgan fingerprint density at radius 2 is 1.79 bits per heavy atom. The molecule has 5 heteroatoms. The van der Waals surface area contributed by atoms with Crippen molar-refractivity contribution in [1.82, 2.24) is 9.97 Å². The normalized spacial score (nSPS) is 10.5. The van der Waals surface area contributed by atoms with E-state index in [2.05, 4.69) is 9.97 Å². The molecule has 0 aliphatic heterocycles. The molecule has 2 aromatic heterocycles. The van der Waals surface area contributed by atoms with Crippen molar-refractivity contribution in [3.8, 4) is 5.75 Å². The number of fused-ring (bicyclic) bond motifs is 1. The first-order valence-electron chi connectivity index (χ1n) is 7.89. The molecule has 3 rings (SSSR count). The molecule has 0 fully saturated rings. The first-order valence-corrected chi connectivity index (χ1v) is 7.89. The van der Waals surface area contributed by atoms with Crippen molar-refractivity contribution in [2.75, 3.05) is 13.2 Å². The third kappa shape index (κ3) is 4.29. The minimum absolute atomic E-state index is 0.363. The topological polar surface area (TPSA) is 61.3 Å². The lowest BCUT2D eigenvalue weighted by Crippen LogP contribution is -2.08. The predicted octanol–water partition coefficient (Wildman–Crippen LogP) is 3.65. The van der Waals surface area contributed by atoms with Crippen LogP contribution in [0.5, 0.6) is 5.75 Å². The summed E-state index contributed by atoms with van der Waals surface area (Å²) in [6.07, 6.45) is 4.74. The largest absolute Gasteiger partial charge is 0.494 e. The van der Waals surface area contributed by atoms with E-state index in [0.717, 1.165) is 24.0 Å². The summed E-state index contributed by atoms with van der Waals surface area (Å²) in [6.45, 7) is 0.965. The van der Waals surface area contributed by atoms with E-state index < -0.39 is 0 Å². The van der Waals surface area contributed by atoms with Gasteiger partial charge in [-0.05, 0) is 43.2 Å². The summed E-state index contributed by atoms with van der Waals surface area (Å²) in [5.41, 5.74) is 1.06. The zero-order valence-electron chi connectivity index (χ0n) is 13.2. The molecule has 122 valence electrons. The van der Waals surface area contributed by atoms with Crippen LogP contribution in [-0.2, 0) is 4.74 Å². The lowest BCUT2D eigenvalue weighted by Gasteiger charge is -2.07. The van der Waals surface area contributed by atoms with E-state index in [9.17, 15) is 4.79 Å². The van der Waals surface area contributed by atoms with Crippen LogP contribution in [0.15, 0.2) is 60.9 Å². The van der Waals surface area contributed by atoms with Gasteiger partial charge in [0.1, 0.15) is 5.75 Å². The molecule has 0 unspecified atom stereocenters. The van der Waals surface area contributed by atoms with Crippen LogP contribution in [0.2, 0.25) is 0 Å². The maximum Gasteiger partial charge on any atom is 0.339 e. The Labute approximate surface area is 140 Å². The minimum atomic E-state index is -0.364. The number of benzene rings is 1. The number of carbonyl (C=O) groups is 1. The summed E-state index contributed by atoms with van der Waals surface area (Å²) in [4.78, 5) is 20.3. The van der Waals surface area contributed by atoms with Crippen molar-refractivity contribution in [2.45, 2.75) is 12.8 Å². The number of nitrogens with zero attached hydrogens (tertiary/aromatic N) is 2. The van der Waals surface area contributed by atoms with Crippen LogP contribution in [0.4, 0.5) is 0 Å². The molecule has 24 heavy (non-hydrogen) atoms. The summed E-state index contributed by atoms with van der Waals surface area (Å²) < 4.78 is 10.9. The van der Waals surface area contributed by atoms with Gasteiger partial charge < -0.3 is 9.47 Å². The van der Waals surface area contributed by atoms with Crippen molar-refractivity contribution in [2.24, 2.45) is 0 Å². The minimum Gasteiger partial charge on any atom is -0.494 e. The fourth-order valence-corrected chi connectivity index (χ4v) is 2.24. The van der Waals surface area contributed by atoms with E-state index in [-0.39, 0.29) is 5.97 Å². The molecular weight excluding hydrogens is 304 g/mol. The number of hydrogen-bond donors (Lipinski definition) is 0. The van der Waals surface area contributed by atoms with Crippen LogP contribution in [0.3, 0.4) is 0 Å². The molecule has 0 radical (unpaired) electrons. The summed E-state index contributed by atoms with van der Waals surface area (Å²) in [6, 6.07) is 15.1. The zero-order valence-corrected chi connectivity index (χ0v) is 13.2. The Bertz CT molecular complexity index is 806. The van der Waals surface area contributed by atoms with Gasteiger partial charge >= 0.3 is 5.97 Å². The van der Waals surface area contributed by atoms with Gasteiger partial charge in [0.05, 0.1) is 18.8 Å². The molecule has 0 bridgehead atoms. The van der Waals surface area contributed by atoms with E-state index in [1.165, 1.54) is 6.20 Å². The molecule has 0 aliphatic carbocycles. The molecule has 0 spiro atoms. The first-order chi connectivity index (χ1) is 11.8. The van der Waals surface area contributed by atoms with Gasteiger partial charge in [0.2, 0.25) is 0 Å². The SMILES string of the molecule is O=C(OCCCCOc1ccccc1)c1cnc2ncccc2c1. The van der Waals surface area contributed by atoms with Crippen LogP contribution >= 0.6 is 0 Å². The van der Waals surface area contributed by atoms with Crippen molar-refractivity contribution in [3.05, 3.63) is 66.5 Å². The summed E-state index contributed by atoms with van der Waals surface area (Å²) in [7, 11) is 0. The van der Waals surface area contributed by atoms with Crippen molar-refractivity contribution in [3.63, 3.8) is 0 Å². The summed E-state index contributed by atoms with van der Waals surface area (Å²) >= 11 is 0. The number of hydrogen-bond acceptors (Lipinski definition) is 5. The maximum atomic E-state index is 12.0. The summed E-state index contributed by atoms with van der Waals surface area (Å²) in [5.74, 6) is 0.488. The van der Waals surface area contributed by atoms with Crippen LogP contribution in [0.1, 0.15) is 23.2 Å². The Hall–Kier alpha value is -2.95. The average molecular weight is 322 g/mol. The number of esters is 1. The molecule has 0 saturated carbocycles. The highest BCUT2D eigenvalue weighted by Crippen LogP contribution is 2.12. The third-order valence-electron chi connectivity index (χ3n) is 3.47. The lowest BCUT2D eigenvalue weighted by molar-refractivity contribution is 0.0494. The second-order valence-electron chi connectivity index (χ2n) is 5.28. The monoisotopic (exact) mass is 322 g/mol. The van der Waals surface area contributed by atoms with Crippen molar-refractivity contribution in [1.29, 1.82) is 0 Å². The van der Waals surface area contributed by atoms with E-state index in [1.54, 1.807) is 12.3 Å². The third-order valence-corrected chi connectivity index (χ3v) is 3.47. The molecule has 0 saturated heterocycles. The van der Waals surface area contributed by atoms with Crippen LogP contribution in [0.25, 0.3) is 11.0 Å². The van der Waals surface area contributed by atoms with Gasteiger partial charge in [-0.3, -0.25) is 0 Å². The molecular formula is C19H18N2O3. The highest BCUT2D eigenvalue weighted by atomic mass is 16.5. The smallest absolute Gasteiger partial charge is 0.339 e. The number of carbonyl (C=O) groups excluding carboxylic acids is 1. The standard InChI is InChI=1S/C19H18N2O3/c22-19(16-13-15-7-6-10-20-18(15)21-14-16)24-12-5-4-11-23-17-8-2-1-3-9-17/h1-3,6-10,13-14H,4-5,11-12H2. The van der Waals surface area contributed by atoms with E-state index in [0.29, 0.717) is 24.4 Å². The average Bonchev–Trinajstić information content (AvgIpc) is 2.65. The van der Waals surface area contributed by atoms with E-state index >= 15 is 0 Å². The first kappa shape index (κ1) is 15.9. The summed E-state index contributed by atoms with van der Waals surface area (Å²) in [5, 5.41) is 0.822. The maximum absolute atomic E-state index is 12.0. The van der Waals surface area contributed by atoms with Crippen LogP contribution in [0, 0.1) is 0 Å². The van der Waals surface area contributed by atoms with Crippen molar-refractivity contribution >= 4 is 17.0 Å². The Morgan fingerprint density at radius 1 is 0.958 bits per heavy atom. The van der Waals surface area contributed by atoms with Gasteiger partial charge in [-0.2, -0.15) is 0 Å². The molecule has 1 aromatic carbocycles. The van der Waals surface area contributed by atoms with Gasteiger partial charge in [0.15, 0.2) is 5.65 Å². The second-order valence-corrected chi connectivity index (χ2v) is 5.28. The van der Waals surface area contributed by atoms with Crippen LogP contribution < -0.4 is 4.74 Å². The second kappa shape index (κ2) is 8.06. The van der Waals surface area contributed by atoms with Gasteiger partial charge in [-0.1, -0.05) is 18.2 Å². The molecule has 0 amide bonds. The number of pyridine rings is 2. The highest BCUT2D eigenvalue weighted by Gasteiger charge is 2.08. The van der Waals surface area contributed by atoms with E-state index in [4.69, 9.17) is 9.47 Å². The molecule has 3 aromatic rings. The van der Waals surface area contributed by atoms with Crippen LogP contribution in [-0.4, -0.2) is 29.2 Å². The predicted molar refractivity (Wildman–Crippen MR) is 91.0 cm³/mol. The molecule has 2 heterocycles. The Kier molecular flexibility index (Phi) is 5.35. The van der Waals surface area contributed by atoms with E-state index in [1.807, 2.05) is 42.5 Å². The van der Waals surface area contributed by atoms with Gasteiger partial charge in [-0.25, -0.2) is 14.8 Å². The number of rotatable bonds is 7. The Morgan fingerprint density at radius 3 is 2.67 bits per heavy atom. The molecule has 5 nitrogen and oxygen atoms in total. The van der Waals surface area contributed by atoms with Gasteiger partial charge in [0.25, 0.3) is 0 Å². The molecule has 0 atom stereocenters. The number of aromatic nitrogens is 2. The van der Waals surface area contributed by atoms with Gasteiger partial charge in [0, 0.05) is 17.8 Å². The highest BCUT2D eigenvalue weighted by molar-refractivity contribution is 5.92. The molecule has 0 N–H and O–H groups in total.